The van der Waals surface area contributed by atoms with Crippen molar-refractivity contribution < 1.29 is 4.74 Å². The van der Waals surface area contributed by atoms with E-state index in [1.54, 1.807) is 18.2 Å². The van der Waals surface area contributed by atoms with Crippen LogP contribution in [0.4, 0.5) is 0 Å². The van der Waals surface area contributed by atoms with E-state index in [4.69, 9.17) is 39.5 Å². The van der Waals surface area contributed by atoms with Crippen LogP contribution in [0.2, 0.25) is 15.1 Å². The summed E-state index contributed by atoms with van der Waals surface area (Å²) in [4.78, 5) is 0. The second-order valence-electron chi connectivity index (χ2n) is 4.57. The molecular weight excluding hydrogens is 329 g/mol. The molecule has 2 aromatic carbocycles. The van der Waals surface area contributed by atoms with E-state index in [1.165, 1.54) is 0 Å². The van der Waals surface area contributed by atoms with Gasteiger partial charge >= 0.3 is 0 Å². The molecule has 0 saturated heterocycles. The summed E-state index contributed by atoms with van der Waals surface area (Å²) < 4.78 is 5.89. The van der Waals surface area contributed by atoms with Gasteiger partial charge in [0.1, 0.15) is 11.5 Å². The Morgan fingerprint density at radius 1 is 1.00 bits per heavy atom. The molecule has 0 aliphatic heterocycles. The van der Waals surface area contributed by atoms with Crippen molar-refractivity contribution in [2.24, 2.45) is 0 Å². The van der Waals surface area contributed by atoms with Gasteiger partial charge in [-0.1, -0.05) is 47.8 Å². The van der Waals surface area contributed by atoms with Crippen LogP contribution in [0, 0.1) is 0 Å². The second-order valence-corrected chi connectivity index (χ2v) is 5.82. The molecule has 21 heavy (non-hydrogen) atoms. The Bertz CT molecular complexity index is 616. The Morgan fingerprint density at radius 3 is 2.57 bits per heavy atom. The van der Waals surface area contributed by atoms with Crippen LogP contribution in [-0.4, -0.2) is 6.54 Å². The molecule has 0 fully saturated rings. The van der Waals surface area contributed by atoms with Crippen molar-refractivity contribution in [2.75, 3.05) is 6.54 Å². The largest absolute Gasteiger partial charge is 0.455 e. The molecule has 1 N–H and O–H groups in total. The molecule has 0 aliphatic rings. The van der Waals surface area contributed by atoms with Gasteiger partial charge in [0.25, 0.3) is 0 Å². The number of benzene rings is 2. The summed E-state index contributed by atoms with van der Waals surface area (Å²) in [5, 5.41) is 5.06. The number of rotatable bonds is 6. The molecule has 2 nitrogen and oxygen atoms in total. The molecule has 0 aliphatic carbocycles. The van der Waals surface area contributed by atoms with Gasteiger partial charge in [-0.05, 0) is 37.2 Å². The Hall–Kier alpha value is -0.930. The Labute approximate surface area is 140 Å². The molecule has 2 rings (SSSR count). The van der Waals surface area contributed by atoms with Crippen LogP contribution >= 0.6 is 34.8 Å². The average Bonchev–Trinajstić information content (AvgIpc) is 2.46. The van der Waals surface area contributed by atoms with Gasteiger partial charge in [0.2, 0.25) is 0 Å². The summed E-state index contributed by atoms with van der Waals surface area (Å²) in [7, 11) is 0. The summed E-state index contributed by atoms with van der Waals surface area (Å²) in [6.45, 7) is 3.67. The summed E-state index contributed by atoms with van der Waals surface area (Å²) in [6.07, 6.45) is 1.06. The van der Waals surface area contributed by atoms with E-state index < -0.39 is 0 Å². The summed E-state index contributed by atoms with van der Waals surface area (Å²) >= 11 is 18.4. The van der Waals surface area contributed by atoms with Gasteiger partial charge in [-0.15, -0.1) is 0 Å². The summed E-state index contributed by atoms with van der Waals surface area (Å²) in [6, 6.07) is 10.7. The predicted octanol–water partition coefficient (Wildman–Crippen LogP) is 5.94. The first kappa shape index (κ1) is 16.4. The van der Waals surface area contributed by atoms with E-state index in [1.807, 2.05) is 18.2 Å². The molecule has 0 amide bonds. The van der Waals surface area contributed by atoms with E-state index in [9.17, 15) is 0 Å². The normalized spacial score (nSPS) is 10.7. The Kier molecular flexibility index (Phi) is 6.19. The van der Waals surface area contributed by atoms with E-state index in [2.05, 4.69) is 12.2 Å². The lowest BCUT2D eigenvalue weighted by molar-refractivity contribution is 0.473. The monoisotopic (exact) mass is 343 g/mol. The molecule has 0 spiro atoms. The smallest absolute Gasteiger partial charge is 0.147 e. The van der Waals surface area contributed by atoms with Crippen molar-refractivity contribution in [1.82, 2.24) is 5.32 Å². The highest BCUT2D eigenvalue weighted by atomic mass is 35.5. The van der Waals surface area contributed by atoms with Crippen molar-refractivity contribution in [3.63, 3.8) is 0 Å². The minimum atomic E-state index is 0.506. The maximum atomic E-state index is 6.27. The van der Waals surface area contributed by atoms with Gasteiger partial charge in [0, 0.05) is 28.2 Å². The summed E-state index contributed by atoms with van der Waals surface area (Å²) in [5.41, 5.74) is 0.906. The van der Waals surface area contributed by atoms with E-state index in [-0.39, 0.29) is 0 Å². The number of hydrogen-bond donors (Lipinski definition) is 1. The van der Waals surface area contributed by atoms with Gasteiger partial charge in [-0.3, -0.25) is 0 Å². The number of halogens is 3. The topological polar surface area (TPSA) is 21.3 Å². The third kappa shape index (κ3) is 4.52. The van der Waals surface area contributed by atoms with Crippen molar-refractivity contribution in [3.05, 3.63) is 57.0 Å². The number of nitrogens with one attached hydrogen (secondary N) is 1. The van der Waals surface area contributed by atoms with Gasteiger partial charge in [0.05, 0.1) is 5.02 Å². The van der Waals surface area contributed by atoms with E-state index in [0.717, 1.165) is 18.5 Å². The molecule has 0 atom stereocenters. The van der Waals surface area contributed by atoms with Crippen LogP contribution in [0.1, 0.15) is 18.9 Å². The van der Waals surface area contributed by atoms with Crippen LogP contribution in [-0.2, 0) is 6.54 Å². The zero-order valence-electron chi connectivity index (χ0n) is 11.6. The third-order valence-corrected chi connectivity index (χ3v) is 3.82. The fraction of sp³-hybridized carbons (Fsp3) is 0.250. The predicted molar refractivity (Wildman–Crippen MR) is 90.0 cm³/mol. The van der Waals surface area contributed by atoms with Gasteiger partial charge in [0.15, 0.2) is 0 Å². The molecule has 0 unspecified atom stereocenters. The first-order valence-corrected chi connectivity index (χ1v) is 7.86. The zero-order valence-corrected chi connectivity index (χ0v) is 13.9. The fourth-order valence-electron chi connectivity index (χ4n) is 1.87. The molecule has 2 aromatic rings. The quantitative estimate of drug-likeness (QED) is 0.655. The first-order valence-electron chi connectivity index (χ1n) is 6.73. The minimum absolute atomic E-state index is 0.506. The number of hydrogen-bond acceptors (Lipinski definition) is 2. The second kappa shape index (κ2) is 7.90. The molecule has 0 radical (unpaired) electrons. The molecule has 5 heteroatoms. The number of ether oxygens (including phenoxy) is 1. The van der Waals surface area contributed by atoms with Gasteiger partial charge < -0.3 is 10.1 Å². The van der Waals surface area contributed by atoms with Crippen LogP contribution in [0.5, 0.6) is 11.5 Å². The van der Waals surface area contributed by atoms with Crippen molar-refractivity contribution in [2.45, 2.75) is 19.9 Å². The lowest BCUT2D eigenvalue weighted by Gasteiger charge is -2.14. The van der Waals surface area contributed by atoms with Gasteiger partial charge in [-0.25, -0.2) is 0 Å². The molecule has 0 heterocycles. The zero-order chi connectivity index (χ0) is 15.2. The van der Waals surface area contributed by atoms with Gasteiger partial charge in [-0.2, -0.15) is 0 Å². The molecule has 0 aromatic heterocycles. The minimum Gasteiger partial charge on any atom is -0.455 e. The van der Waals surface area contributed by atoms with Crippen LogP contribution in [0.25, 0.3) is 0 Å². The Morgan fingerprint density at radius 2 is 1.81 bits per heavy atom. The lowest BCUT2D eigenvalue weighted by atomic mass is 10.2. The maximum Gasteiger partial charge on any atom is 0.147 e. The molecule has 112 valence electrons. The standard InChI is InChI=1S/C16H16Cl3NO/c1-2-8-20-10-12-13(18)4-3-5-15(12)21-16-9-11(17)6-7-14(16)19/h3-7,9,20H,2,8,10H2,1H3. The fourth-order valence-corrected chi connectivity index (χ4v) is 2.42. The maximum absolute atomic E-state index is 6.27. The highest BCUT2D eigenvalue weighted by molar-refractivity contribution is 6.34. The highest BCUT2D eigenvalue weighted by Crippen LogP contribution is 2.35. The molecule has 0 bridgehead atoms. The first-order chi connectivity index (χ1) is 10.1. The molecular formula is C16H16Cl3NO. The van der Waals surface area contributed by atoms with Crippen LogP contribution < -0.4 is 10.1 Å². The van der Waals surface area contributed by atoms with E-state index in [0.29, 0.717) is 33.1 Å². The van der Waals surface area contributed by atoms with Crippen molar-refractivity contribution in [3.8, 4) is 11.5 Å². The highest BCUT2D eigenvalue weighted by Gasteiger charge is 2.11. The average molecular weight is 345 g/mol. The van der Waals surface area contributed by atoms with E-state index >= 15 is 0 Å². The SMILES string of the molecule is CCCNCc1c(Cl)cccc1Oc1cc(Cl)ccc1Cl. The van der Waals surface area contributed by atoms with Crippen molar-refractivity contribution >= 4 is 34.8 Å². The van der Waals surface area contributed by atoms with Crippen LogP contribution in [0.3, 0.4) is 0 Å². The van der Waals surface area contributed by atoms with Crippen molar-refractivity contribution in [1.29, 1.82) is 0 Å². The van der Waals surface area contributed by atoms with Crippen LogP contribution in [0.15, 0.2) is 36.4 Å². The Balaban J connectivity index is 2.26. The summed E-state index contributed by atoms with van der Waals surface area (Å²) in [5.74, 6) is 1.19. The lowest BCUT2D eigenvalue weighted by Crippen LogP contribution is -2.14. The molecule has 0 saturated carbocycles. The third-order valence-electron chi connectivity index (χ3n) is 2.92.